The van der Waals surface area contributed by atoms with Gasteiger partial charge < -0.3 is 14.5 Å². The minimum absolute atomic E-state index is 0.0699. The molecule has 0 aromatic heterocycles. The van der Waals surface area contributed by atoms with Gasteiger partial charge >= 0.3 is 0 Å². The van der Waals surface area contributed by atoms with Crippen molar-refractivity contribution in [3.63, 3.8) is 0 Å². The molecule has 0 aliphatic carbocycles. The monoisotopic (exact) mass is 321 g/mol. The van der Waals surface area contributed by atoms with Gasteiger partial charge in [0.25, 0.3) is 0 Å². The molecule has 0 fully saturated rings. The highest BCUT2D eigenvalue weighted by molar-refractivity contribution is 6.74. The van der Waals surface area contributed by atoms with Crippen molar-refractivity contribution in [1.82, 2.24) is 0 Å². The molecule has 0 saturated heterocycles. The van der Waals surface area contributed by atoms with Gasteiger partial charge in [-0.1, -0.05) is 26.8 Å². The molecule has 0 spiro atoms. The van der Waals surface area contributed by atoms with Crippen molar-refractivity contribution in [2.45, 2.75) is 58.0 Å². The van der Waals surface area contributed by atoms with Crippen LogP contribution in [0.2, 0.25) is 18.1 Å². The third kappa shape index (κ3) is 4.89. The van der Waals surface area contributed by atoms with Crippen LogP contribution in [0, 0.1) is 0 Å². The maximum atomic E-state index is 6.45. The average Bonchev–Trinajstić information content (AvgIpc) is 2.43. The summed E-state index contributed by atoms with van der Waals surface area (Å²) in [7, 11) is -0.116. The zero-order chi connectivity index (χ0) is 17.0. The topological polar surface area (TPSA) is 30.5 Å². The number of hydrogen-bond acceptors (Lipinski definition) is 3. The van der Waals surface area contributed by atoms with Crippen LogP contribution < -0.4 is 10.1 Å². The van der Waals surface area contributed by atoms with Crippen molar-refractivity contribution < 1.29 is 9.16 Å². The number of hydrogen-bond donors (Lipinski definition) is 1. The van der Waals surface area contributed by atoms with E-state index in [9.17, 15) is 0 Å². The van der Waals surface area contributed by atoms with Crippen LogP contribution in [0.3, 0.4) is 0 Å². The lowest BCUT2D eigenvalue weighted by Gasteiger charge is -2.40. The maximum absolute atomic E-state index is 6.45. The van der Waals surface area contributed by atoms with E-state index in [1.54, 1.807) is 7.11 Å². The lowest BCUT2D eigenvalue weighted by atomic mass is 10.1. The Morgan fingerprint density at radius 1 is 1.18 bits per heavy atom. The van der Waals surface area contributed by atoms with E-state index in [1.165, 1.54) is 0 Å². The standard InChI is InChI=1S/C18H31NO2Si/c1-9-17(14(2)21-22(7,8)18(3,4)5)19-15-10-12-16(20-6)13-11-15/h9-14,17,19H,1H2,2-8H3/t14-,17+/m0/s1. The van der Waals surface area contributed by atoms with Crippen molar-refractivity contribution >= 4 is 14.0 Å². The molecule has 1 aromatic carbocycles. The van der Waals surface area contributed by atoms with Crippen LogP contribution >= 0.6 is 0 Å². The molecule has 1 rings (SSSR count). The van der Waals surface area contributed by atoms with Gasteiger partial charge in [-0.2, -0.15) is 0 Å². The molecular formula is C18H31NO2Si. The first-order valence-electron chi connectivity index (χ1n) is 7.81. The highest BCUT2D eigenvalue weighted by atomic mass is 28.4. The summed E-state index contributed by atoms with van der Waals surface area (Å²) < 4.78 is 11.6. The van der Waals surface area contributed by atoms with Crippen molar-refractivity contribution in [3.8, 4) is 5.75 Å². The quantitative estimate of drug-likeness (QED) is 0.561. The molecule has 0 bridgehead atoms. The van der Waals surface area contributed by atoms with Crippen LogP contribution in [0.15, 0.2) is 36.9 Å². The van der Waals surface area contributed by atoms with Crippen LogP contribution in [0.4, 0.5) is 5.69 Å². The fourth-order valence-electron chi connectivity index (χ4n) is 1.96. The van der Waals surface area contributed by atoms with Gasteiger partial charge in [0.2, 0.25) is 0 Å². The predicted octanol–water partition coefficient (Wildman–Crippen LogP) is 5.07. The first-order chi connectivity index (χ1) is 10.1. The van der Waals surface area contributed by atoms with Gasteiger partial charge in [0.15, 0.2) is 8.32 Å². The normalized spacial score (nSPS) is 15.0. The van der Waals surface area contributed by atoms with Crippen LogP contribution in [0.25, 0.3) is 0 Å². The van der Waals surface area contributed by atoms with Crippen molar-refractivity contribution in [2.24, 2.45) is 0 Å². The largest absolute Gasteiger partial charge is 0.497 e. The van der Waals surface area contributed by atoms with E-state index in [4.69, 9.17) is 9.16 Å². The van der Waals surface area contributed by atoms with Crippen LogP contribution in [0.5, 0.6) is 5.75 Å². The number of anilines is 1. The van der Waals surface area contributed by atoms with E-state index >= 15 is 0 Å². The summed E-state index contributed by atoms with van der Waals surface area (Å²) in [6, 6.07) is 7.98. The van der Waals surface area contributed by atoms with Crippen LogP contribution in [-0.4, -0.2) is 27.6 Å². The predicted molar refractivity (Wildman–Crippen MR) is 98.3 cm³/mol. The fourth-order valence-corrected chi connectivity index (χ4v) is 3.39. The number of benzene rings is 1. The second-order valence-electron chi connectivity index (χ2n) is 7.22. The molecule has 4 heteroatoms. The molecule has 1 aromatic rings. The summed E-state index contributed by atoms with van der Waals surface area (Å²) in [5.41, 5.74) is 1.04. The highest BCUT2D eigenvalue weighted by Crippen LogP contribution is 2.37. The Balaban J connectivity index is 2.76. The van der Waals surface area contributed by atoms with Gasteiger partial charge in [-0.05, 0) is 49.3 Å². The van der Waals surface area contributed by atoms with Gasteiger partial charge in [0.1, 0.15) is 5.75 Å². The number of nitrogens with one attached hydrogen (secondary N) is 1. The summed E-state index contributed by atoms with van der Waals surface area (Å²) in [6.07, 6.45) is 1.99. The van der Waals surface area contributed by atoms with Gasteiger partial charge in [-0.15, -0.1) is 6.58 Å². The molecule has 3 nitrogen and oxygen atoms in total. The number of ether oxygens (including phenoxy) is 1. The summed E-state index contributed by atoms with van der Waals surface area (Å²) >= 11 is 0. The zero-order valence-electron chi connectivity index (χ0n) is 15.1. The smallest absolute Gasteiger partial charge is 0.192 e. The minimum Gasteiger partial charge on any atom is -0.497 e. The molecule has 22 heavy (non-hydrogen) atoms. The van der Waals surface area contributed by atoms with E-state index < -0.39 is 8.32 Å². The molecule has 0 saturated carbocycles. The minimum atomic E-state index is -1.79. The first kappa shape index (κ1) is 18.8. The lowest BCUT2D eigenvalue weighted by Crippen LogP contribution is -2.47. The lowest BCUT2D eigenvalue weighted by molar-refractivity contribution is 0.191. The Morgan fingerprint density at radius 2 is 1.73 bits per heavy atom. The number of rotatable bonds is 7. The summed E-state index contributed by atoms with van der Waals surface area (Å²) in [4.78, 5) is 0. The Kier molecular flexibility index (Phi) is 6.26. The number of methoxy groups -OCH3 is 1. The maximum Gasteiger partial charge on any atom is 0.192 e. The van der Waals surface area contributed by atoms with Crippen molar-refractivity contribution in [2.75, 3.05) is 12.4 Å². The van der Waals surface area contributed by atoms with E-state index in [2.05, 4.69) is 52.7 Å². The zero-order valence-corrected chi connectivity index (χ0v) is 16.1. The van der Waals surface area contributed by atoms with Crippen LogP contribution in [-0.2, 0) is 4.43 Å². The molecule has 0 amide bonds. The average molecular weight is 322 g/mol. The Labute approximate surface area is 136 Å². The Morgan fingerprint density at radius 3 is 2.14 bits per heavy atom. The molecular weight excluding hydrogens is 290 g/mol. The fraction of sp³-hybridized carbons (Fsp3) is 0.556. The molecule has 0 unspecified atom stereocenters. The summed E-state index contributed by atoms with van der Waals surface area (Å²) in [5, 5.41) is 3.68. The van der Waals surface area contributed by atoms with E-state index in [1.807, 2.05) is 30.3 Å². The van der Waals surface area contributed by atoms with Crippen LogP contribution in [0.1, 0.15) is 27.7 Å². The molecule has 1 N–H and O–H groups in total. The third-order valence-electron chi connectivity index (χ3n) is 4.47. The Bertz CT molecular complexity index is 477. The summed E-state index contributed by atoms with van der Waals surface area (Å²) in [5.74, 6) is 0.853. The van der Waals surface area contributed by atoms with Gasteiger partial charge in [0, 0.05) is 5.69 Å². The van der Waals surface area contributed by atoms with E-state index in [-0.39, 0.29) is 17.2 Å². The van der Waals surface area contributed by atoms with Gasteiger partial charge in [-0.3, -0.25) is 0 Å². The SMILES string of the molecule is C=C[C@@H](Nc1ccc(OC)cc1)[C@H](C)O[Si](C)(C)C(C)(C)C. The van der Waals surface area contributed by atoms with Gasteiger partial charge in [-0.25, -0.2) is 0 Å². The molecule has 0 heterocycles. The van der Waals surface area contributed by atoms with Crippen molar-refractivity contribution in [1.29, 1.82) is 0 Å². The Hall–Kier alpha value is -1.26. The van der Waals surface area contributed by atoms with Gasteiger partial charge in [0.05, 0.1) is 19.3 Å². The highest BCUT2D eigenvalue weighted by Gasteiger charge is 2.39. The van der Waals surface area contributed by atoms with Crippen molar-refractivity contribution in [3.05, 3.63) is 36.9 Å². The van der Waals surface area contributed by atoms with E-state index in [0.29, 0.717) is 0 Å². The molecule has 0 aliphatic heterocycles. The molecule has 0 aliphatic rings. The second kappa shape index (κ2) is 7.33. The molecule has 2 atom stereocenters. The molecule has 124 valence electrons. The summed E-state index contributed by atoms with van der Waals surface area (Å²) in [6.45, 7) is 17.4. The second-order valence-corrected chi connectivity index (χ2v) is 12.0. The van der Waals surface area contributed by atoms with E-state index in [0.717, 1.165) is 11.4 Å². The first-order valence-corrected chi connectivity index (χ1v) is 10.7. The third-order valence-corrected chi connectivity index (χ3v) is 9.04. The molecule has 0 radical (unpaired) electrons.